The predicted octanol–water partition coefficient (Wildman–Crippen LogP) is 4.48. The lowest BCUT2D eigenvalue weighted by Gasteiger charge is -2.32. The van der Waals surface area contributed by atoms with E-state index in [1.54, 1.807) is 15.9 Å². The Hall–Kier alpha value is -3.59. The van der Waals surface area contributed by atoms with Gasteiger partial charge in [-0.3, -0.25) is 9.59 Å². The molecule has 2 aromatic rings. The van der Waals surface area contributed by atoms with Crippen LogP contribution in [0.4, 0.5) is 16.2 Å². The number of nitrogens with one attached hydrogen (secondary N) is 2. The maximum Gasteiger partial charge on any atom is 0.317 e. The van der Waals surface area contributed by atoms with Crippen molar-refractivity contribution in [3.8, 4) is 0 Å². The third kappa shape index (κ3) is 8.07. The van der Waals surface area contributed by atoms with Crippen LogP contribution in [0.5, 0.6) is 0 Å². The zero-order chi connectivity index (χ0) is 30.2. The number of hydrogen-bond acceptors (Lipinski definition) is 5. The molecular weight excluding hydrogens is 542 g/mol. The minimum atomic E-state index is -0.984. The minimum absolute atomic E-state index is 0.0773. The van der Waals surface area contributed by atoms with Crippen molar-refractivity contribution in [2.24, 2.45) is 0 Å². The Morgan fingerprint density at radius 1 is 0.953 bits per heavy atom. The second-order valence-electron chi connectivity index (χ2n) is 12.2. The van der Waals surface area contributed by atoms with Crippen LogP contribution in [0.15, 0.2) is 48.5 Å². The minimum Gasteiger partial charge on any atom is -0.389 e. The largest absolute Gasteiger partial charge is 0.389 e. The van der Waals surface area contributed by atoms with E-state index in [2.05, 4.69) is 15.5 Å². The molecule has 43 heavy (non-hydrogen) atoms. The fourth-order valence-electron chi connectivity index (χ4n) is 6.59. The molecule has 2 saturated heterocycles. The van der Waals surface area contributed by atoms with Crippen LogP contribution >= 0.6 is 0 Å². The first-order valence-electron chi connectivity index (χ1n) is 16.2. The van der Waals surface area contributed by atoms with Crippen molar-refractivity contribution in [1.82, 2.24) is 15.5 Å². The molecule has 2 atom stereocenters. The lowest BCUT2D eigenvalue weighted by molar-refractivity contribution is -0.117. The third-order valence-electron chi connectivity index (χ3n) is 9.11. The summed E-state index contributed by atoms with van der Waals surface area (Å²) in [5, 5.41) is 17.8. The maximum atomic E-state index is 13.9. The van der Waals surface area contributed by atoms with Gasteiger partial charge in [0.1, 0.15) is 0 Å². The van der Waals surface area contributed by atoms with Gasteiger partial charge in [-0.15, -0.1) is 0 Å². The number of amides is 4. The average molecular weight is 590 g/mol. The van der Waals surface area contributed by atoms with E-state index in [-0.39, 0.29) is 30.4 Å². The number of likely N-dealkylation sites (N-methyl/N-ethyl adjacent to an activating group) is 1. The topological polar surface area (TPSA) is 105 Å². The second-order valence-corrected chi connectivity index (χ2v) is 12.2. The van der Waals surface area contributed by atoms with Gasteiger partial charge in [-0.2, -0.15) is 0 Å². The van der Waals surface area contributed by atoms with Crippen LogP contribution in [-0.4, -0.2) is 78.8 Å². The highest BCUT2D eigenvalue weighted by atomic mass is 16.3. The molecule has 2 aromatic carbocycles. The van der Waals surface area contributed by atoms with E-state index in [1.165, 1.54) is 6.42 Å². The molecule has 0 aromatic heterocycles. The molecule has 3 aliphatic rings. The van der Waals surface area contributed by atoms with Gasteiger partial charge in [0.25, 0.3) is 5.91 Å². The number of hydrogen-bond donors (Lipinski definition) is 3. The average Bonchev–Trinajstić information content (AvgIpc) is 3.72. The number of rotatable bonds is 11. The van der Waals surface area contributed by atoms with Crippen molar-refractivity contribution in [3.63, 3.8) is 0 Å². The fraction of sp³-hybridized carbons (Fsp3) is 0.559. The van der Waals surface area contributed by atoms with Crippen LogP contribution in [0.2, 0.25) is 0 Å². The highest BCUT2D eigenvalue weighted by molar-refractivity contribution is 6.00. The van der Waals surface area contributed by atoms with E-state index < -0.39 is 12.1 Å². The van der Waals surface area contributed by atoms with Gasteiger partial charge in [0.15, 0.2) is 0 Å². The van der Waals surface area contributed by atoms with Crippen LogP contribution < -0.4 is 20.4 Å². The quantitative estimate of drug-likeness (QED) is 0.359. The van der Waals surface area contributed by atoms with Gasteiger partial charge in [-0.1, -0.05) is 49.6 Å². The van der Waals surface area contributed by atoms with Gasteiger partial charge in [0, 0.05) is 55.6 Å². The van der Waals surface area contributed by atoms with Gasteiger partial charge >= 0.3 is 6.03 Å². The number of aliphatic hydroxyl groups excluding tert-OH is 1. The van der Waals surface area contributed by atoms with E-state index in [1.807, 2.05) is 49.4 Å². The number of nitrogens with zero attached hydrogens (tertiary/aromatic N) is 3. The Balaban J connectivity index is 1.35. The molecule has 0 spiro atoms. The van der Waals surface area contributed by atoms with Crippen molar-refractivity contribution in [3.05, 3.63) is 59.7 Å². The van der Waals surface area contributed by atoms with Crippen LogP contribution in [0.25, 0.3) is 0 Å². The lowest BCUT2D eigenvalue weighted by atomic mass is 9.96. The maximum absolute atomic E-state index is 13.9. The van der Waals surface area contributed by atoms with E-state index >= 15 is 0 Å². The van der Waals surface area contributed by atoms with Gasteiger partial charge in [0.05, 0.1) is 18.7 Å². The first kappa shape index (κ1) is 30.9. The van der Waals surface area contributed by atoms with Crippen molar-refractivity contribution in [2.45, 2.75) is 89.3 Å². The molecule has 232 valence electrons. The van der Waals surface area contributed by atoms with E-state index in [0.29, 0.717) is 31.5 Å². The molecule has 4 amide bonds. The van der Waals surface area contributed by atoms with E-state index in [4.69, 9.17) is 0 Å². The summed E-state index contributed by atoms with van der Waals surface area (Å²) < 4.78 is 0. The summed E-state index contributed by atoms with van der Waals surface area (Å²) in [5.41, 5.74) is 3.13. The van der Waals surface area contributed by atoms with Gasteiger partial charge < -0.3 is 30.4 Å². The summed E-state index contributed by atoms with van der Waals surface area (Å²) in [6, 6.07) is 14.9. The number of benzene rings is 2. The number of aliphatic hydroxyl groups is 1. The Morgan fingerprint density at radius 3 is 2.35 bits per heavy atom. The van der Waals surface area contributed by atoms with Crippen LogP contribution in [0.1, 0.15) is 80.6 Å². The molecule has 5 rings (SSSR count). The number of anilines is 2. The Morgan fingerprint density at radius 2 is 1.67 bits per heavy atom. The lowest BCUT2D eigenvalue weighted by Crippen LogP contribution is -2.53. The Labute approximate surface area is 255 Å². The summed E-state index contributed by atoms with van der Waals surface area (Å²) >= 11 is 0. The number of carbonyl (C=O) groups is 3. The first-order chi connectivity index (χ1) is 20.9. The van der Waals surface area contributed by atoms with Gasteiger partial charge in [0.2, 0.25) is 5.91 Å². The fourth-order valence-corrected chi connectivity index (χ4v) is 6.59. The Bertz CT molecular complexity index is 1240. The highest BCUT2D eigenvalue weighted by Crippen LogP contribution is 2.30. The predicted molar refractivity (Wildman–Crippen MR) is 170 cm³/mol. The number of carbonyl (C=O) groups excluding carboxylic acids is 3. The monoisotopic (exact) mass is 589 g/mol. The molecule has 0 radical (unpaired) electrons. The first-order valence-corrected chi connectivity index (χ1v) is 16.2. The molecule has 9 heteroatoms. The molecule has 3 fully saturated rings. The zero-order valence-corrected chi connectivity index (χ0v) is 25.5. The summed E-state index contributed by atoms with van der Waals surface area (Å²) in [5.74, 6) is -0.225. The van der Waals surface area contributed by atoms with Crippen molar-refractivity contribution >= 4 is 29.2 Å². The number of urea groups is 1. The molecule has 1 aliphatic carbocycles. The standard InChI is InChI=1S/C34H47N5O4/c1-2-37(34(43)35-27-14-7-4-8-15-27)24-31(40)30(20-25-12-5-3-6-13-25)36-33(42)26-21-28(38-17-9-10-18-38)23-29(22-26)39-19-11-16-32(39)41/h3,5-6,12-13,21-23,27,30-31,40H,2,4,7-11,14-20,24H2,1H3,(H,35,43)(H,36,42). The molecule has 2 aliphatic heterocycles. The second kappa shape index (κ2) is 14.7. The summed E-state index contributed by atoms with van der Waals surface area (Å²) in [7, 11) is 0. The van der Waals surface area contributed by atoms with Crippen molar-refractivity contribution < 1.29 is 19.5 Å². The smallest absolute Gasteiger partial charge is 0.317 e. The van der Waals surface area contributed by atoms with Gasteiger partial charge in [-0.05, 0) is 69.2 Å². The Kier molecular flexibility index (Phi) is 10.6. The zero-order valence-electron chi connectivity index (χ0n) is 25.5. The van der Waals surface area contributed by atoms with Crippen LogP contribution in [0.3, 0.4) is 0 Å². The highest BCUT2D eigenvalue weighted by Gasteiger charge is 2.29. The molecule has 3 N–H and O–H groups in total. The van der Waals surface area contributed by atoms with E-state index in [0.717, 1.165) is 75.0 Å². The van der Waals surface area contributed by atoms with Crippen LogP contribution in [-0.2, 0) is 11.2 Å². The molecule has 1 saturated carbocycles. The van der Waals surface area contributed by atoms with Crippen molar-refractivity contribution in [2.75, 3.05) is 42.5 Å². The SMILES string of the molecule is CCN(CC(O)C(Cc1ccccc1)NC(=O)c1cc(N2CCCC2)cc(N2CCCC2=O)c1)C(=O)NC1CCCCC1. The van der Waals surface area contributed by atoms with E-state index in [9.17, 15) is 19.5 Å². The molecular formula is C34H47N5O4. The normalized spacial score (nSPS) is 18.9. The molecule has 0 bridgehead atoms. The van der Waals surface area contributed by atoms with Crippen LogP contribution in [0, 0.1) is 0 Å². The summed E-state index contributed by atoms with van der Waals surface area (Å²) in [6.07, 6.45) is 8.38. The molecule has 9 nitrogen and oxygen atoms in total. The third-order valence-corrected chi connectivity index (χ3v) is 9.11. The molecule has 2 heterocycles. The summed E-state index contributed by atoms with van der Waals surface area (Å²) in [6.45, 7) is 4.95. The summed E-state index contributed by atoms with van der Waals surface area (Å²) in [4.78, 5) is 45.3. The van der Waals surface area contributed by atoms with Gasteiger partial charge in [-0.25, -0.2) is 4.79 Å². The molecule has 2 unspecified atom stereocenters. The van der Waals surface area contributed by atoms with Crippen molar-refractivity contribution in [1.29, 1.82) is 0 Å².